The Morgan fingerprint density at radius 1 is 1.10 bits per heavy atom. The summed E-state index contributed by atoms with van der Waals surface area (Å²) in [5, 5.41) is 10.7. The van der Waals surface area contributed by atoms with E-state index < -0.39 is 0 Å². The van der Waals surface area contributed by atoms with Gasteiger partial charge in [-0.1, -0.05) is 30.8 Å². The lowest BCUT2D eigenvalue weighted by Gasteiger charge is -2.47. The topological polar surface area (TPSA) is 78.6 Å². The number of hydrogen-bond donors (Lipinski definition) is 2. The van der Waals surface area contributed by atoms with Crippen molar-refractivity contribution in [1.29, 1.82) is 0 Å². The molecule has 0 amide bonds. The summed E-state index contributed by atoms with van der Waals surface area (Å²) >= 11 is 0. The largest absolute Gasteiger partial charge is 0.357 e. The highest BCUT2D eigenvalue weighted by atomic mass is 127. The Hall–Kier alpha value is -0.900. The Morgan fingerprint density at radius 2 is 1.83 bits per heavy atom. The number of guanidine groups is 1. The number of nitrogens with one attached hydrogen (secondary N) is 2. The van der Waals surface area contributed by atoms with Gasteiger partial charge in [0.15, 0.2) is 11.8 Å². The van der Waals surface area contributed by atoms with Gasteiger partial charge in [0.25, 0.3) is 0 Å². The van der Waals surface area contributed by atoms with Crippen molar-refractivity contribution in [1.82, 2.24) is 25.7 Å². The maximum Gasteiger partial charge on any atom is 0.226 e. The number of halogens is 1. The van der Waals surface area contributed by atoms with Gasteiger partial charge in [0.2, 0.25) is 5.89 Å². The van der Waals surface area contributed by atoms with Gasteiger partial charge in [-0.25, -0.2) is 0 Å². The second kappa shape index (κ2) is 12.7. The molecule has 1 aromatic heterocycles. The molecule has 166 valence electrons. The Bertz CT molecular complexity index is 608. The summed E-state index contributed by atoms with van der Waals surface area (Å²) in [4.78, 5) is 12.1. The second-order valence-electron chi connectivity index (χ2n) is 8.29. The molecule has 2 heterocycles. The molecule has 0 unspecified atom stereocenters. The predicted octanol–water partition coefficient (Wildman–Crippen LogP) is 3.67. The summed E-state index contributed by atoms with van der Waals surface area (Å²) in [6.07, 6.45) is 12.5. The Labute approximate surface area is 192 Å². The predicted molar refractivity (Wildman–Crippen MR) is 128 cm³/mol. The lowest BCUT2D eigenvalue weighted by molar-refractivity contribution is 0.0407. The lowest BCUT2D eigenvalue weighted by Crippen LogP contribution is -2.54. The molecule has 1 aliphatic carbocycles. The van der Waals surface area contributed by atoms with E-state index in [2.05, 4.69) is 32.6 Å². The SMILES string of the molecule is CCNC(=NCC1(N2CCCCC2)CCCCC1)NCCCc1nc(C)no1.I. The van der Waals surface area contributed by atoms with Crippen molar-refractivity contribution in [2.45, 2.75) is 83.6 Å². The zero-order valence-corrected chi connectivity index (χ0v) is 20.5. The smallest absolute Gasteiger partial charge is 0.226 e. The molecular weight excluding hydrogens is 479 g/mol. The number of aryl methyl sites for hydroxylation is 2. The first-order valence-electron chi connectivity index (χ1n) is 11.3. The molecule has 1 saturated carbocycles. The number of piperidine rings is 1. The van der Waals surface area contributed by atoms with E-state index in [1.54, 1.807) is 0 Å². The molecule has 7 nitrogen and oxygen atoms in total. The van der Waals surface area contributed by atoms with Crippen molar-refractivity contribution >= 4 is 29.9 Å². The Morgan fingerprint density at radius 3 is 2.48 bits per heavy atom. The standard InChI is InChI=1S/C21H38N6O.HI/c1-3-22-20(23-14-10-11-19-25-18(2)26-28-19)24-17-21(12-6-4-7-13-21)27-15-8-5-9-16-27;/h3-17H2,1-2H3,(H2,22,23,24);1H. The van der Waals surface area contributed by atoms with Gasteiger partial charge in [-0.15, -0.1) is 24.0 Å². The Kier molecular flexibility index (Phi) is 10.7. The van der Waals surface area contributed by atoms with Crippen LogP contribution in [0.5, 0.6) is 0 Å². The van der Waals surface area contributed by atoms with Gasteiger partial charge in [-0.05, 0) is 59.0 Å². The Balaban J connectivity index is 0.00000300. The maximum atomic E-state index is 5.19. The molecule has 8 heteroatoms. The van der Waals surface area contributed by atoms with Crippen LogP contribution in [0.2, 0.25) is 0 Å². The second-order valence-corrected chi connectivity index (χ2v) is 8.29. The molecule has 0 bridgehead atoms. The number of rotatable bonds is 8. The quantitative estimate of drug-likeness (QED) is 0.237. The van der Waals surface area contributed by atoms with Gasteiger partial charge in [0.05, 0.1) is 6.54 Å². The molecule has 2 fully saturated rings. The third kappa shape index (κ3) is 7.38. The fraction of sp³-hybridized carbons (Fsp3) is 0.857. The van der Waals surface area contributed by atoms with Gasteiger partial charge in [0.1, 0.15) is 0 Å². The van der Waals surface area contributed by atoms with Gasteiger partial charge in [0, 0.05) is 25.0 Å². The molecule has 29 heavy (non-hydrogen) atoms. The van der Waals surface area contributed by atoms with Crippen LogP contribution in [0.3, 0.4) is 0 Å². The summed E-state index contributed by atoms with van der Waals surface area (Å²) in [7, 11) is 0. The first-order chi connectivity index (χ1) is 13.7. The van der Waals surface area contributed by atoms with Crippen molar-refractivity contribution in [3.8, 4) is 0 Å². The van der Waals surface area contributed by atoms with E-state index in [9.17, 15) is 0 Å². The lowest BCUT2D eigenvalue weighted by atomic mass is 9.79. The minimum atomic E-state index is 0. The van der Waals surface area contributed by atoms with Gasteiger partial charge in [-0.3, -0.25) is 9.89 Å². The van der Waals surface area contributed by atoms with Crippen LogP contribution in [0.25, 0.3) is 0 Å². The van der Waals surface area contributed by atoms with Crippen molar-refractivity contribution in [3.05, 3.63) is 11.7 Å². The molecular formula is C21H39IN6O. The van der Waals surface area contributed by atoms with Gasteiger partial charge < -0.3 is 15.2 Å². The number of aromatic nitrogens is 2. The van der Waals surface area contributed by atoms with E-state index >= 15 is 0 Å². The van der Waals surface area contributed by atoms with Crippen LogP contribution in [-0.4, -0.2) is 59.3 Å². The maximum absolute atomic E-state index is 5.19. The summed E-state index contributed by atoms with van der Waals surface area (Å²) in [6, 6.07) is 0. The molecule has 0 radical (unpaired) electrons. The van der Waals surface area contributed by atoms with E-state index in [0.29, 0.717) is 11.7 Å². The first-order valence-corrected chi connectivity index (χ1v) is 11.3. The van der Waals surface area contributed by atoms with E-state index in [-0.39, 0.29) is 29.5 Å². The first kappa shape index (κ1) is 24.4. The average Bonchev–Trinajstić information content (AvgIpc) is 3.15. The monoisotopic (exact) mass is 518 g/mol. The normalized spacial score (nSPS) is 20.1. The number of likely N-dealkylation sites (tertiary alicyclic amines) is 1. The van der Waals surface area contributed by atoms with Crippen LogP contribution in [0, 0.1) is 6.92 Å². The van der Waals surface area contributed by atoms with Crippen LogP contribution in [0.15, 0.2) is 9.52 Å². The van der Waals surface area contributed by atoms with E-state index in [1.807, 2.05) is 6.92 Å². The molecule has 2 aliphatic rings. The van der Waals surface area contributed by atoms with Gasteiger partial charge in [-0.2, -0.15) is 4.98 Å². The minimum absolute atomic E-state index is 0. The molecule has 3 rings (SSSR count). The summed E-state index contributed by atoms with van der Waals surface area (Å²) in [5.41, 5.74) is 0.280. The molecule has 0 aromatic carbocycles. The molecule has 2 N–H and O–H groups in total. The van der Waals surface area contributed by atoms with Crippen molar-refractivity contribution < 1.29 is 4.52 Å². The fourth-order valence-electron chi connectivity index (χ4n) is 4.61. The van der Waals surface area contributed by atoms with Crippen molar-refractivity contribution in [2.75, 3.05) is 32.7 Å². The number of hydrogen-bond acceptors (Lipinski definition) is 5. The number of nitrogens with zero attached hydrogens (tertiary/aromatic N) is 4. The summed E-state index contributed by atoms with van der Waals surface area (Å²) in [5.74, 6) is 2.35. The van der Waals surface area contributed by atoms with E-state index in [1.165, 1.54) is 64.5 Å². The highest BCUT2D eigenvalue weighted by Crippen LogP contribution is 2.35. The molecule has 1 saturated heterocycles. The third-order valence-electron chi connectivity index (χ3n) is 6.12. The average molecular weight is 518 g/mol. The van der Waals surface area contributed by atoms with Crippen molar-refractivity contribution in [2.24, 2.45) is 4.99 Å². The van der Waals surface area contributed by atoms with Crippen molar-refractivity contribution in [3.63, 3.8) is 0 Å². The van der Waals surface area contributed by atoms with Crippen LogP contribution in [-0.2, 0) is 6.42 Å². The van der Waals surface area contributed by atoms with E-state index in [0.717, 1.165) is 38.4 Å². The molecule has 0 spiro atoms. The summed E-state index contributed by atoms with van der Waals surface area (Å²) < 4.78 is 5.19. The highest BCUT2D eigenvalue weighted by molar-refractivity contribution is 14.0. The third-order valence-corrected chi connectivity index (χ3v) is 6.12. The highest BCUT2D eigenvalue weighted by Gasteiger charge is 2.38. The molecule has 1 aliphatic heterocycles. The van der Waals surface area contributed by atoms with Crippen LogP contribution in [0.1, 0.15) is 76.4 Å². The molecule has 1 aromatic rings. The number of aliphatic imine (C=N–C) groups is 1. The van der Waals surface area contributed by atoms with E-state index in [4.69, 9.17) is 9.52 Å². The minimum Gasteiger partial charge on any atom is -0.357 e. The zero-order valence-electron chi connectivity index (χ0n) is 18.2. The van der Waals surface area contributed by atoms with Crippen LogP contribution < -0.4 is 10.6 Å². The molecule has 0 atom stereocenters. The van der Waals surface area contributed by atoms with Crippen LogP contribution >= 0.6 is 24.0 Å². The summed E-state index contributed by atoms with van der Waals surface area (Å²) in [6.45, 7) is 9.12. The van der Waals surface area contributed by atoms with Crippen LogP contribution in [0.4, 0.5) is 0 Å². The fourth-order valence-corrected chi connectivity index (χ4v) is 4.61. The zero-order chi connectivity index (χ0) is 19.7. The van der Waals surface area contributed by atoms with Gasteiger partial charge >= 0.3 is 0 Å².